The van der Waals surface area contributed by atoms with Crippen LogP contribution in [0.4, 0.5) is 14.6 Å². The van der Waals surface area contributed by atoms with Gasteiger partial charge in [-0.05, 0) is 53.6 Å². The lowest BCUT2D eigenvalue weighted by atomic mass is 10.1. The zero-order valence-electron chi connectivity index (χ0n) is 11.9. The third-order valence-corrected chi connectivity index (χ3v) is 4.06. The molecule has 2 rings (SSSR count). The van der Waals surface area contributed by atoms with Crippen LogP contribution in [0.15, 0.2) is 18.2 Å². The number of nitrogens with one attached hydrogen (secondary N) is 1. The van der Waals surface area contributed by atoms with Crippen molar-refractivity contribution in [3.8, 4) is 0 Å². The Balaban J connectivity index is 2.36. The quantitative estimate of drug-likeness (QED) is 0.769. The van der Waals surface area contributed by atoms with Crippen molar-refractivity contribution < 1.29 is 8.78 Å². The van der Waals surface area contributed by atoms with Crippen molar-refractivity contribution in [3.05, 3.63) is 50.5 Å². The fourth-order valence-electron chi connectivity index (χ4n) is 2.04. The molecule has 0 aliphatic rings. The normalized spacial score (nSPS) is 10.7. The molecule has 112 valence electrons. The highest BCUT2D eigenvalue weighted by Crippen LogP contribution is 2.21. The van der Waals surface area contributed by atoms with E-state index in [4.69, 9.17) is 0 Å². The lowest BCUT2D eigenvalue weighted by Crippen LogP contribution is -2.10. The van der Waals surface area contributed by atoms with Gasteiger partial charge in [0, 0.05) is 19.0 Å². The van der Waals surface area contributed by atoms with Gasteiger partial charge in [-0.3, -0.25) is 0 Å². The van der Waals surface area contributed by atoms with E-state index in [1.807, 2.05) is 13.8 Å². The number of benzene rings is 1. The van der Waals surface area contributed by atoms with E-state index in [0.29, 0.717) is 17.8 Å². The van der Waals surface area contributed by atoms with Crippen molar-refractivity contribution in [1.29, 1.82) is 0 Å². The molecule has 3 nitrogen and oxygen atoms in total. The first kappa shape index (κ1) is 16.1. The minimum Gasteiger partial charge on any atom is -0.369 e. The van der Waals surface area contributed by atoms with Crippen LogP contribution in [0.5, 0.6) is 0 Å². The van der Waals surface area contributed by atoms with Gasteiger partial charge in [-0.25, -0.2) is 18.7 Å². The molecule has 1 N–H and O–H groups in total. The first-order chi connectivity index (χ1) is 10.0. The summed E-state index contributed by atoms with van der Waals surface area (Å²) in [6.45, 7) is 4.77. The molecule has 0 amide bonds. The summed E-state index contributed by atoms with van der Waals surface area (Å²) in [5.41, 5.74) is 1.46. The van der Waals surface area contributed by atoms with E-state index in [0.717, 1.165) is 34.1 Å². The summed E-state index contributed by atoms with van der Waals surface area (Å²) in [6.07, 6.45) is 1.08. The molecule has 1 aromatic carbocycles. The predicted octanol–water partition coefficient (Wildman–Crippen LogP) is 3.94. The van der Waals surface area contributed by atoms with Crippen molar-refractivity contribution in [3.63, 3.8) is 0 Å². The first-order valence-corrected chi connectivity index (χ1v) is 7.85. The van der Waals surface area contributed by atoms with Crippen LogP contribution >= 0.6 is 22.6 Å². The molecular formula is C15H16F2IN3. The minimum atomic E-state index is -0.585. The van der Waals surface area contributed by atoms with Gasteiger partial charge in [0.1, 0.15) is 23.3 Å². The number of halogens is 3. The monoisotopic (exact) mass is 403 g/mol. The standard InChI is InChI=1S/C15H16F2IN3/c1-3-12-14(18)15(19-4-2)21-13(20-12)7-9-5-10(16)8-11(17)6-9/h5-6,8H,3-4,7H2,1-2H3,(H,19,20,21). The maximum absolute atomic E-state index is 13.2. The molecule has 0 bridgehead atoms. The lowest BCUT2D eigenvalue weighted by molar-refractivity contribution is 0.580. The Hall–Kier alpha value is -1.31. The number of aromatic nitrogens is 2. The van der Waals surface area contributed by atoms with Crippen LogP contribution in [0.3, 0.4) is 0 Å². The topological polar surface area (TPSA) is 37.8 Å². The maximum Gasteiger partial charge on any atom is 0.143 e. The highest BCUT2D eigenvalue weighted by Gasteiger charge is 2.12. The third kappa shape index (κ3) is 4.09. The molecule has 1 aromatic heterocycles. The Labute approximate surface area is 136 Å². The molecule has 21 heavy (non-hydrogen) atoms. The zero-order chi connectivity index (χ0) is 15.4. The fourth-order valence-corrected chi connectivity index (χ4v) is 2.85. The second-order valence-corrected chi connectivity index (χ2v) is 5.67. The molecule has 0 spiro atoms. The first-order valence-electron chi connectivity index (χ1n) is 6.77. The highest BCUT2D eigenvalue weighted by molar-refractivity contribution is 14.1. The largest absolute Gasteiger partial charge is 0.369 e. The Morgan fingerprint density at radius 3 is 2.33 bits per heavy atom. The fraction of sp³-hybridized carbons (Fsp3) is 0.333. The van der Waals surface area contributed by atoms with Gasteiger partial charge in [0.25, 0.3) is 0 Å². The van der Waals surface area contributed by atoms with Crippen LogP contribution in [0.1, 0.15) is 30.9 Å². The molecule has 2 aromatic rings. The molecule has 0 saturated carbocycles. The van der Waals surface area contributed by atoms with Gasteiger partial charge < -0.3 is 5.32 Å². The van der Waals surface area contributed by atoms with Crippen LogP contribution in [0.2, 0.25) is 0 Å². The Bertz CT molecular complexity index is 627. The van der Waals surface area contributed by atoms with Gasteiger partial charge in [-0.2, -0.15) is 0 Å². The molecule has 0 unspecified atom stereocenters. The second kappa shape index (κ2) is 7.11. The van der Waals surface area contributed by atoms with Crippen LogP contribution in [0.25, 0.3) is 0 Å². The zero-order valence-corrected chi connectivity index (χ0v) is 14.0. The van der Waals surface area contributed by atoms with E-state index in [1.165, 1.54) is 12.1 Å². The van der Waals surface area contributed by atoms with Crippen molar-refractivity contribution >= 4 is 28.4 Å². The molecule has 0 fully saturated rings. The van der Waals surface area contributed by atoms with Gasteiger partial charge >= 0.3 is 0 Å². The molecular weight excluding hydrogens is 387 g/mol. The summed E-state index contributed by atoms with van der Waals surface area (Å²) < 4.78 is 27.5. The van der Waals surface area contributed by atoms with E-state index in [2.05, 4.69) is 37.9 Å². The SMILES string of the molecule is CCNc1nc(Cc2cc(F)cc(F)c2)nc(CC)c1I. The molecule has 0 aliphatic carbocycles. The van der Waals surface area contributed by atoms with Crippen molar-refractivity contribution in [1.82, 2.24) is 9.97 Å². The van der Waals surface area contributed by atoms with Crippen molar-refractivity contribution in [2.45, 2.75) is 26.7 Å². The number of aryl methyl sites for hydroxylation is 1. The summed E-state index contributed by atoms with van der Waals surface area (Å²) >= 11 is 2.22. The summed E-state index contributed by atoms with van der Waals surface area (Å²) in [4.78, 5) is 8.94. The van der Waals surface area contributed by atoms with Crippen LogP contribution in [0, 0.1) is 15.2 Å². The van der Waals surface area contributed by atoms with Gasteiger partial charge in [0.2, 0.25) is 0 Å². The van der Waals surface area contributed by atoms with E-state index in [9.17, 15) is 8.78 Å². The van der Waals surface area contributed by atoms with Crippen molar-refractivity contribution in [2.24, 2.45) is 0 Å². The Kier molecular flexibility index (Phi) is 5.44. The molecule has 6 heteroatoms. The summed E-state index contributed by atoms with van der Waals surface area (Å²) in [5, 5.41) is 3.19. The number of nitrogens with zero attached hydrogens (tertiary/aromatic N) is 2. The summed E-state index contributed by atoms with van der Waals surface area (Å²) in [6, 6.07) is 3.48. The number of anilines is 1. The second-order valence-electron chi connectivity index (χ2n) is 4.59. The van der Waals surface area contributed by atoms with Crippen molar-refractivity contribution in [2.75, 3.05) is 11.9 Å². The van der Waals surface area contributed by atoms with Crippen LogP contribution in [-0.2, 0) is 12.8 Å². The van der Waals surface area contributed by atoms with E-state index in [1.54, 1.807) is 0 Å². The molecule has 0 saturated heterocycles. The highest BCUT2D eigenvalue weighted by atomic mass is 127. The Morgan fingerprint density at radius 1 is 1.10 bits per heavy atom. The van der Waals surface area contributed by atoms with E-state index in [-0.39, 0.29) is 0 Å². The number of hydrogen-bond acceptors (Lipinski definition) is 3. The average Bonchev–Trinajstić information content (AvgIpc) is 2.41. The lowest BCUT2D eigenvalue weighted by Gasteiger charge is -2.11. The van der Waals surface area contributed by atoms with Gasteiger partial charge in [-0.15, -0.1) is 0 Å². The number of rotatable bonds is 5. The minimum absolute atomic E-state index is 0.303. The summed E-state index contributed by atoms with van der Waals surface area (Å²) in [5.74, 6) is 0.168. The smallest absolute Gasteiger partial charge is 0.143 e. The molecule has 1 heterocycles. The molecule has 0 atom stereocenters. The van der Waals surface area contributed by atoms with Gasteiger partial charge in [-0.1, -0.05) is 6.92 Å². The predicted molar refractivity (Wildman–Crippen MR) is 87.5 cm³/mol. The van der Waals surface area contributed by atoms with Crippen LogP contribution in [-0.4, -0.2) is 16.5 Å². The average molecular weight is 403 g/mol. The molecule has 0 aliphatic heterocycles. The van der Waals surface area contributed by atoms with Gasteiger partial charge in [0.15, 0.2) is 0 Å². The third-order valence-electron chi connectivity index (χ3n) is 2.93. The maximum atomic E-state index is 13.2. The number of hydrogen-bond donors (Lipinski definition) is 1. The Morgan fingerprint density at radius 2 is 1.76 bits per heavy atom. The van der Waals surface area contributed by atoms with E-state index < -0.39 is 11.6 Å². The van der Waals surface area contributed by atoms with Crippen LogP contribution < -0.4 is 5.32 Å². The van der Waals surface area contributed by atoms with E-state index >= 15 is 0 Å². The summed E-state index contributed by atoms with van der Waals surface area (Å²) in [7, 11) is 0. The van der Waals surface area contributed by atoms with Gasteiger partial charge in [0.05, 0.1) is 9.26 Å². The molecule has 0 radical (unpaired) electrons.